The number of halogens is 3. The fourth-order valence-corrected chi connectivity index (χ4v) is 4.40. The van der Waals surface area contributed by atoms with Crippen LogP contribution in [0.25, 0.3) is 0 Å². The van der Waals surface area contributed by atoms with Gasteiger partial charge in [0, 0.05) is 34.5 Å². The van der Waals surface area contributed by atoms with Crippen molar-refractivity contribution < 1.29 is 9.59 Å². The summed E-state index contributed by atoms with van der Waals surface area (Å²) >= 11 is 15.8. The van der Waals surface area contributed by atoms with Crippen LogP contribution in [0.1, 0.15) is 16.7 Å². The van der Waals surface area contributed by atoms with E-state index in [4.69, 9.17) is 23.2 Å². The first kappa shape index (κ1) is 24.3. The van der Waals surface area contributed by atoms with Crippen LogP contribution in [-0.2, 0) is 29.0 Å². The van der Waals surface area contributed by atoms with Gasteiger partial charge in [0.2, 0.25) is 11.8 Å². The van der Waals surface area contributed by atoms with Gasteiger partial charge >= 0.3 is 0 Å². The molecule has 0 heterocycles. The van der Waals surface area contributed by atoms with Gasteiger partial charge in [0.15, 0.2) is 0 Å². The first-order valence-electron chi connectivity index (χ1n) is 10.1. The number of carbonyl (C=O) groups excluding carboxylic acids is 2. The van der Waals surface area contributed by atoms with Gasteiger partial charge in [-0.25, -0.2) is 0 Å². The molecule has 3 rings (SSSR count). The van der Waals surface area contributed by atoms with Gasteiger partial charge in [-0.3, -0.25) is 9.59 Å². The summed E-state index contributed by atoms with van der Waals surface area (Å²) in [5.74, 6) is -0.418. The van der Waals surface area contributed by atoms with Crippen molar-refractivity contribution in [3.8, 4) is 0 Å². The largest absolute Gasteiger partial charge is 0.357 e. The van der Waals surface area contributed by atoms with Gasteiger partial charge in [-0.1, -0.05) is 87.7 Å². The van der Waals surface area contributed by atoms with Gasteiger partial charge in [-0.05, 0) is 41.0 Å². The van der Waals surface area contributed by atoms with Crippen molar-refractivity contribution in [2.75, 3.05) is 7.05 Å². The summed E-state index contributed by atoms with van der Waals surface area (Å²) < 4.78 is 0.905. The topological polar surface area (TPSA) is 49.4 Å². The number of hydrogen-bond acceptors (Lipinski definition) is 2. The molecule has 0 aliphatic rings. The molecule has 0 bridgehead atoms. The molecule has 1 unspecified atom stereocenters. The Hall–Kier alpha value is -2.34. The molecule has 0 spiro atoms. The van der Waals surface area contributed by atoms with E-state index in [-0.39, 0.29) is 24.8 Å². The van der Waals surface area contributed by atoms with Crippen LogP contribution in [0, 0.1) is 0 Å². The Morgan fingerprint density at radius 2 is 1.69 bits per heavy atom. The second-order valence-electron chi connectivity index (χ2n) is 7.38. The van der Waals surface area contributed by atoms with E-state index < -0.39 is 6.04 Å². The summed E-state index contributed by atoms with van der Waals surface area (Å²) in [6.07, 6.45) is 0.459. The lowest BCUT2D eigenvalue weighted by Gasteiger charge is -2.31. The van der Waals surface area contributed by atoms with Gasteiger partial charge < -0.3 is 10.2 Å². The van der Waals surface area contributed by atoms with Crippen LogP contribution in [0.3, 0.4) is 0 Å². The van der Waals surface area contributed by atoms with E-state index in [0.29, 0.717) is 22.0 Å². The highest BCUT2D eigenvalue weighted by atomic mass is 79.9. The van der Waals surface area contributed by atoms with E-state index in [0.717, 1.165) is 15.6 Å². The highest BCUT2D eigenvalue weighted by molar-refractivity contribution is 9.10. The molecular weight excluding hydrogens is 511 g/mol. The fraction of sp³-hybridized carbons (Fsp3) is 0.200. The summed E-state index contributed by atoms with van der Waals surface area (Å²) in [4.78, 5) is 28.1. The van der Waals surface area contributed by atoms with Crippen LogP contribution in [0.5, 0.6) is 0 Å². The van der Waals surface area contributed by atoms with Crippen molar-refractivity contribution in [2.24, 2.45) is 0 Å². The molecule has 4 nitrogen and oxygen atoms in total. The van der Waals surface area contributed by atoms with Crippen molar-refractivity contribution in [1.29, 1.82) is 0 Å². The molecule has 0 aliphatic heterocycles. The monoisotopic (exact) mass is 532 g/mol. The Kier molecular flexibility index (Phi) is 8.74. The van der Waals surface area contributed by atoms with Crippen molar-refractivity contribution in [3.05, 3.63) is 104 Å². The molecule has 32 heavy (non-hydrogen) atoms. The molecule has 166 valence electrons. The molecule has 0 aliphatic carbocycles. The molecule has 1 N–H and O–H groups in total. The normalized spacial score (nSPS) is 11.6. The SMILES string of the molecule is CNC(=O)C(Cc1ccccc1)N(Cc1cccc(Br)c1)C(=O)Cc1ccc(Cl)cc1Cl. The molecule has 2 amide bonds. The average molecular weight is 534 g/mol. The molecule has 0 radical (unpaired) electrons. The number of rotatable bonds is 8. The van der Waals surface area contributed by atoms with Crippen LogP contribution >= 0.6 is 39.1 Å². The van der Waals surface area contributed by atoms with E-state index in [2.05, 4.69) is 21.2 Å². The Balaban J connectivity index is 1.96. The first-order valence-corrected chi connectivity index (χ1v) is 11.7. The fourth-order valence-electron chi connectivity index (χ4n) is 3.48. The van der Waals surface area contributed by atoms with Crippen molar-refractivity contribution in [3.63, 3.8) is 0 Å². The zero-order valence-electron chi connectivity index (χ0n) is 17.5. The van der Waals surface area contributed by atoms with E-state index >= 15 is 0 Å². The van der Waals surface area contributed by atoms with Crippen molar-refractivity contribution in [1.82, 2.24) is 10.2 Å². The average Bonchev–Trinajstić information content (AvgIpc) is 2.78. The molecule has 0 saturated heterocycles. The van der Waals surface area contributed by atoms with E-state index in [1.165, 1.54) is 0 Å². The number of hydrogen-bond donors (Lipinski definition) is 1. The van der Waals surface area contributed by atoms with Crippen molar-refractivity contribution >= 4 is 50.9 Å². The number of likely N-dealkylation sites (N-methyl/N-ethyl adjacent to an activating group) is 1. The first-order chi connectivity index (χ1) is 15.4. The molecular formula is C25H23BrCl2N2O2. The number of nitrogens with zero attached hydrogens (tertiary/aromatic N) is 1. The molecule has 1 atom stereocenters. The molecule has 0 fully saturated rings. The van der Waals surface area contributed by atoms with Crippen LogP contribution in [0.2, 0.25) is 10.0 Å². The quantitative estimate of drug-likeness (QED) is 0.404. The Bertz CT molecular complexity index is 1090. The van der Waals surface area contributed by atoms with Gasteiger partial charge in [0.05, 0.1) is 6.42 Å². The molecule has 0 saturated carbocycles. The summed E-state index contributed by atoms with van der Waals surface area (Å²) in [5.41, 5.74) is 2.55. The Morgan fingerprint density at radius 1 is 0.969 bits per heavy atom. The van der Waals surface area contributed by atoms with Crippen LogP contribution < -0.4 is 5.32 Å². The van der Waals surface area contributed by atoms with Crippen LogP contribution in [0.4, 0.5) is 0 Å². The zero-order chi connectivity index (χ0) is 23.1. The third-order valence-electron chi connectivity index (χ3n) is 5.12. The lowest BCUT2D eigenvalue weighted by molar-refractivity contribution is -0.140. The molecule has 3 aromatic carbocycles. The van der Waals surface area contributed by atoms with E-state index in [9.17, 15) is 9.59 Å². The van der Waals surface area contributed by atoms with E-state index in [1.54, 1.807) is 30.1 Å². The number of amides is 2. The van der Waals surface area contributed by atoms with Gasteiger partial charge in [-0.15, -0.1) is 0 Å². The van der Waals surface area contributed by atoms with E-state index in [1.807, 2.05) is 54.6 Å². The van der Waals surface area contributed by atoms with Gasteiger partial charge in [0.1, 0.15) is 6.04 Å². The highest BCUT2D eigenvalue weighted by Crippen LogP contribution is 2.24. The summed E-state index contributed by atoms with van der Waals surface area (Å²) in [6.45, 7) is 0.286. The Morgan fingerprint density at radius 3 is 2.34 bits per heavy atom. The van der Waals surface area contributed by atoms with Crippen molar-refractivity contribution in [2.45, 2.75) is 25.4 Å². The second kappa shape index (κ2) is 11.5. The number of nitrogens with one attached hydrogen (secondary N) is 1. The third-order valence-corrected chi connectivity index (χ3v) is 6.20. The smallest absolute Gasteiger partial charge is 0.242 e. The maximum Gasteiger partial charge on any atom is 0.242 e. The van der Waals surface area contributed by atoms with Gasteiger partial charge in [-0.2, -0.15) is 0 Å². The summed E-state index contributed by atoms with van der Waals surface area (Å²) in [6, 6.07) is 21.8. The lowest BCUT2D eigenvalue weighted by Crippen LogP contribution is -2.50. The highest BCUT2D eigenvalue weighted by Gasteiger charge is 2.30. The maximum atomic E-state index is 13.5. The predicted molar refractivity (Wildman–Crippen MR) is 133 cm³/mol. The zero-order valence-corrected chi connectivity index (χ0v) is 20.6. The minimum absolute atomic E-state index is 0.0618. The molecule has 7 heteroatoms. The van der Waals surface area contributed by atoms with Crippen LogP contribution in [-0.4, -0.2) is 29.8 Å². The predicted octanol–water partition coefficient (Wildman–Crippen LogP) is 5.68. The minimum Gasteiger partial charge on any atom is -0.357 e. The maximum absolute atomic E-state index is 13.5. The summed E-state index contributed by atoms with van der Waals surface area (Å²) in [5, 5.41) is 3.64. The summed E-state index contributed by atoms with van der Waals surface area (Å²) in [7, 11) is 1.58. The second-order valence-corrected chi connectivity index (χ2v) is 9.14. The standard InChI is InChI=1S/C25H23BrCl2N2O2/c1-29-25(32)23(13-17-6-3-2-4-7-17)30(16-18-8-5-9-20(26)12-18)24(31)14-19-10-11-21(27)15-22(19)28/h2-12,15,23H,13-14,16H2,1H3,(H,29,32). The van der Waals surface area contributed by atoms with Gasteiger partial charge in [0.25, 0.3) is 0 Å². The lowest BCUT2D eigenvalue weighted by atomic mass is 10.0. The number of benzene rings is 3. The molecule has 3 aromatic rings. The number of carbonyl (C=O) groups is 2. The molecule has 0 aromatic heterocycles. The minimum atomic E-state index is -0.681. The van der Waals surface area contributed by atoms with Crippen LogP contribution in [0.15, 0.2) is 77.3 Å². The Labute approximate surface area is 206 Å². The third kappa shape index (κ3) is 6.58.